The minimum atomic E-state index is -0.519. The summed E-state index contributed by atoms with van der Waals surface area (Å²) < 4.78 is 5.10. The number of carbonyl (C=O) groups is 2. The Bertz CT molecular complexity index is 754. The van der Waals surface area contributed by atoms with Crippen molar-refractivity contribution >= 4 is 23.3 Å². The molecule has 126 valence electrons. The zero-order valence-corrected chi connectivity index (χ0v) is 14.4. The quantitative estimate of drug-likeness (QED) is 0.858. The Balaban J connectivity index is 1.95. The van der Waals surface area contributed by atoms with Crippen molar-refractivity contribution in [2.24, 2.45) is 0 Å². The molecule has 5 heteroatoms. The van der Waals surface area contributed by atoms with Crippen LogP contribution in [0, 0.1) is 13.8 Å². The predicted octanol–water partition coefficient (Wildman–Crippen LogP) is 3.16. The maximum Gasteiger partial charge on any atom is 0.338 e. The molecule has 0 saturated carbocycles. The first-order chi connectivity index (χ1) is 11.4. The van der Waals surface area contributed by atoms with Gasteiger partial charge in [-0.2, -0.15) is 0 Å². The summed E-state index contributed by atoms with van der Waals surface area (Å²) in [5.74, 6) is -0.879. The predicted molar refractivity (Wildman–Crippen MR) is 95.6 cm³/mol. The van der Waals surface area contributed by atoms with Gasteiger partial charge in [0.25, 0.3) is 5.91 Å². The van der Waals surface area contributed by atoms with Crippen LogP contribution >= 0.6 is 0 Å². The number of nitrogens with zero attached hydrogens (tertiary/aromatic N) is 1. The number of anilines is 2. The van der Waals surface area contributed by atoms with Crippen LogP contribution in [0.25, 0.3) is 0 Å². The highest BCUT2D eigenvalue weighted by Gasteiger charge is 2.12. The van der Waals surface area contributed by atoms with Gasteiger partial charge >= 0.3 is 5.97 Å². The standard InChI is InChI=1S/C19H22N2O3/c1-13-7-5-10-17(14(13)2)20-18(22)12-24-19(23)15-8-6-9-16(11-15)21(3)4/h5-11H,12H2,1-4H3,(H,20,22). The molecular formula is C19H22N2O3. The van der Waals surface area contributed by atoms with Crippen LogP contribution in [-0.4, -0.2) is 32.6 Å². The van der Waals surface area contributed by atoms with E-state index in [1.165, 1.54) is 0 Å². The van der Waals surface area contributed by atoms with Gasteiger partial charge in [-0.25, -0.2) is 4.79 Å². The van der Waals surface area contributed by atoms with Crippen LogP contribution in [0.5, 0.6) is 0 Å². The monoisotopic (exact) mass is 326 g/mol. The molecule has 24 heavy (non-hydrogen) atoms. The van der Waals surface area contributed by atoms with Crippen LogP contribution in [0.1, 0.15) is 21.5 Å². The Kier molecular flexibility index (Phi) is 5.58. The van der Waals surface area contributed by atoms with Gasteiger partial charge in [-0.15, -0.1) is 0 Å². The molecule has 0 heterocycles. The lowest BCUT2D eigenvalue weighted by molar-refractivity contribution is -0.119. The van der Waals surface area contributed by atoms with E-state index in [0.29, 0.717) is 5.56 Å². The van der Waals surface area contributed by atoms with E-state index in [1.807, 2.05) is 57.1 Å². The van der Waals surface area contributed by atoms with Crippen molar-refractivity contribution in [2.45, 2.75) is 13.8 Å². The van der Waals surface area contributed by atoms with E-state index in [4.69, 9.17) is 4.74 Å². The molecule has 5 nitrogen and oxygen atoms in total. The second-order valence-electron chi connectivity index (χ2n) is 5.82. The van der Waals surface area contributed by atoms with Crippen LogP contribution in [0.15, 0.2) is 42.5 Å². The summed E-state index contributed by atoms with van der Waals surface area (Å²) in [5, 5.41) is 2.76. The third-order valence-corrected chi connectivity index (χ3v) is 3.81. The van der Waals surface area contributed by atoms with E-state index >= 15 is 0 Å². The van der Waals surface area contributed by atoms with Gasteiger partial charge in [0.15, 0.2) is 6.61 Å². The smallest absolute Gasteiger partial charge is 0.338 e. The van der Waals surface area contributed by atoms with Crippen LogP contribution in [-0.2, 0) is 9.53 Å². The molecule has 2 aromatic rings. The van der Waals surface area contributed by atoms with Gasteiger partial charge in [0.1, 0.15) is 0 Å². The van der Waals surface area contributed by atoms with Crippen LogP contribution in [0.2, 0.25) is 0 Å². The lowest BCUT2D eigenvalue weighted by Gasteiger charge is -2.13. The Morgan fingerprint density at radius 2 is 1.79 bits per heavy atom. The fraction of sp³-hybridized carbons (Fsp3) is 0.263. The molecule has 1 N–H and O–H groups in total. The normalized spacial score (nSPS) is 10.2. The number of rotatable bonds is 5. The molecular weight excluding hydrogens is 304 g/mol. The summed E-state index contributed by atoms with van der Waals surface area (Å²) in [6.45, 7) is 3.59. The Hall–Kier alpha value is -2.82. The fourth-order valence-electron chi connectivity index (χ4n) is 2.20. The topological polar surface area (TPSA) is 58.6 Å². The van der Waals surface area contributed by atoms with Gasteiger partial charge in [0.2, 0.25) is 0 Å². The summed E-state index contributed by atoms with van der Waals surface area (Å²) >= 11 is 0. The Labute approximate surface area is 142 Å². The zero-order chi connectivity index (χ0) is 17.7. The van der Waals surface area contributed by atoms with E-state index < -0.39 is 5.97 Å². The lowest BCUT2D eigenvalue weighted by Crippen LogP contribution is -2.21. The highest BCUT2D eigenvalue weighted by molar-refractivity contribution is 5.96. The summed E-state index contributed by atoms with van der Waals surface area (Å²) in [6, 6.07) is 12.7. The third-order valence-electron chi connectivity index (χ3n) is 3.81. The number of aryl methyl sites for hydroxylation is 1. The first kappa shape index (κ1) is 17.5. The van der Waals surface area contributed by atoms with Gasteiger partial charge in [0.05, 0.1) is 5.56 Å². The van der Waals surface area contributed by atoms with Crippen molar-refractivity contribution in [3.05, 3.63) is 59.2 Å². The molecule has 0 bridgehead atoms. The van der Waals surface area contributed by atoms with Gasteiger partial charge in [0, 0.05) is 25.5 Å². The Morgan fingerprint density at radius 1 is 1.08 bits per heavy atom. The van der Waals surface area contributed by atoms with E-state index in [9.17, 15) is 9.59 Å². The van der Waals surface area contributed by atoms with Gasteiger partial charge in [-0.05, 0) is 49.2 Å². The molecule has 0 radical (unpaired) electrons. The molecule has 0 aliphatic heterocycles. The van der Waals surface area contributed by atoms with E-state index in [2.05, 4.69) is 5.32 Å². The van der Waals surface area contributed by atoms with Gasteiger partial charge < -0.3 is 15.0 Å². The minimum Gasteiger partial charge on any atom is -0.452 e. The molecule has 0 fully saturated rings. The molecule has 2 aromatic carbocycles. The highest BCUT2D eigenvalue weighted by atomic mass is 16.5. The van der Waals surface area contributed by atoms with E-state index in [1.54, 1.807) is 18.2 Å². The van der Waals surface area contributed by atoms with Crippen molar-refractivity contribution in [1.82, 2.24) is 0 Å². The first-order valence-corrected chi connectivity index (χ1v) is 7.69. The molecule has 0 aliphatic rings. The summed E-state index contributed by atoms with van der Waals surface area (Å²) in [6.07, 6.45) is 0. The zero-order valence-electron chi connectivity index (χ0n) is 14.4. The molecule has 0 unspecified atom stereocenters. The van der Waals surface area contributed by atoms with Crippen molar-refractivity contribution in [1.29, 1.82) is 0 Å². The highest BCUT2D eigenvalue weighted by Crippen LogP contribution is 2.18. The molecule has 0 aromatic heterocycles. The fourth-order valence-corrected chi connectivity index (χ4v) is 2.20. The largest absolute Gasteiger partial charge is 0.452 e. The van der Waals surface area contributed by atoms with Crippen LogP contribution in [0.4, 0.5) is 11.4 Å². The maximum atomic E-state index is 12.1. The number of benzene rings is 2. The van der Waals surface area contributed by atoms with Gasteiger partial charge in [-0.3, -0.25) is 4.79 Å². The van der Waals surface area contributed by atoms with Crippen molar-refractivity contribution in [3.63, 3.8) is 0 Å². The number of hydrogen-bond donors (Lipinski definition) is 1. The second-order valence-corrected chi connectivity index (χ2v) is 5.82. The summed E-state index contributed by atoms with van der Waals surface area (Å²) in [7, 11) is 3.78. The SMILES string of the molecule is Cc1cccc(NC(=O)COC(=O)c2cccc(N(C)C)c2)c1C. The minimum absolute atomic E-state index is 0.321. The molecule has 0 spiro atoms. The molecule has 0 aliphatic carbocycles. The molecule has 0 saturated heterocycles. The number of ether oxygens (including phenoxy) is 1. The van der Waals surface area contributed by atoms with Crippen molar-refractivity contribution in [3.8, 4) is 0 Å². The maximum absolute atomic E-state index is 12.1. The van der Waals surface area contributed by atoms with E-state index in [0.717, 1.165) is 22.5 Å². The van der Waals surface area contributed by atoms with Gasteiger partial charge in [-0.1, -0.05) is 18.2 Å². The first-order valence-electron chi connectivity index (χ1n) is 7.69. The number of carbonyl (C=O) groups excluding carboxylic acids is 2. The van der Waals surface area contributed by atoms with Crippen LogP contribution in [0.3, 0.4) is 0 Å². The van der Waals surface area contributed by atoms with E-state index in [-0.39, 0.29) is 12.5 Å². The molecule has 1 amide bonds. The average molecular weight is 326 g/mol. The second kappa shape index (κ2) is 7.64. The van der Waals surface area contributed by atoms with Crippen molar-refractivity contribution < 1.29 is 14.3 Å². The number of hydrogen-bond acceptors (Lipinski definition) is 4. The number of nitrogens with one attached hydrogen (secondary N) is 1. The lowest BCUT2D eigenvalue weighted by atomic mass is 10.1. The number of amides is 1. The van der Waals surface area contributed by atoms with Crippen LogP contribution < -0.4 is 10.2 Å². The summed E-state index contributed by atoms with van der Waals surface area (Å²) in [5.41, 5.74) is 4.12. The Morgan fingerprint density at radius 3 is 2.50 bits per heavy atom. The summed E-state index contributed by atoms with van der Waals surface area (Å²) in [4.78, 5) is 26.0. The van der Waals surface area contributed by atoms with Crippen molar-refractivity contribution in [2.75, 3.05) is 30.9 Å². The molecule has 0 atom stereocenters. The number of esters is 1. The molecule has 2 rings (SSSR count). The third kappa shape index (κ3) is 4.35. The average Bonchev–Trinajstić information content (AvgIpc) is 2.57.